The van der Waals surface area contributed by atoms with Gasteiger partial charge in [0.05, 0.1) is 25.1 Å². The molecule has 0 aromatic carbocycles. The van der Waals surface area contributed by atoms with E-state index >= 15 is 0 Å². The van der Waals surface area contributed by atoms with Crippen molar-refractivity contribution in [3.8, 4) is 0 Å². The maximum atomic E-state index is 12.0. The first kappa shape index (κ1) is 14.1. The number of amides is 1. The number of rotatable bonds is 3. The van der Waals surface area contributed by atoms with Gasteiger partial charge in [-0.25, -0.2) is 4.98 Å². The Morgan fingerprint density at radius 1 is 1.38 bits per heavy atom. The number of H-pyrrole nitrogens is 1. The number of aromatic nitrogens is 2. The van der Waals surface area contributed by atoms with Gasteiger partial charge in [0.1, 0.15) is 11.5 Å². The van der Waals surface area contributed by atoms with E-state index in [1.54, 1.807) is 24.5 Å². The molecule has 2 N–H and O–H groups in total. The van der Waals surface area contributed by atoms with Crippen LogP contribution in [0.25, 0.3) is 0 Å². The van der Waals surface area contributed by atoms with Crippen molar-refractivity contribution < 1.29 is 9.53 Å². The second-order valence-corrected chi connectivity index (χ2v) is 5.60. The van der Waals surface area contributed by atoms with Crippen molar-refractivity contribution in [3.63, 3.8) is 0 Å². The largest absolute Gasteiger partial charge is 0.378 e. The number of nitrogens with one attached hydrogen (secondary N) is 2. The van der Waals surface area contributed by atoms with Crippen LogP contribution in [0.2, 0.25) is 0 Å². The average Bonchev–Trinajstić information content (AvgIpc) is 2.96. The second kappa shape index (κ2) is 6.28. The fraction of sp³-hybridized carbons (Fsp3) is 0.286. The summed E-state index contributed by atoms with van der Waals surface area (Å²) in [7, 11) is 0. The minimum absolute atomic E-state index is 0.215. The van der Waals surface area contributed by atoms with Gasteiger partial charge < -0.3 is 19.9 Å². The highest BCUT2D eigenvalue weighted by molar-refractivity contribution is 9.10. The molecule has 0 radical (unpaired) electrons. The zero-order valence-electron chi connectivity index (χ0n) is 11.3. The molecule has 0 unspecified atom stereocenters. The number of pyridine rings is 1. The molecule has 2 aromatic heterocycles. The maximum absolute atomic E-state index is 12.0. The molecule has 1 amide bonds. The molecule has 1 aliphatic heterocycles. The van der Waals surface area contributed by atoms with Gasteiger partial charge in [-0.1, -0.05) is 0 Å². The van der Waals surface area contributed by atoms with E-state index in [4.69, 9.17) is 4.74 Å². The Balaban J connectivity index is 1.65. The fourth-order valence-electron chi connectivity index (χ4n) is 2.15. The number of aromatic amines is 1. The summed E-state index contributed by atoms with van der Waals surface area (Å²) < 4.78 is 6.16. The van der Waals surface area contributed by atoms with Gasteiger partial charge in [0.15, 0.2) is 0 Å². The molecule has 3 heterocycles. The predicted molar refractivity (Wildman–Crippen MR) is 83.7 cm³/mol. The fourth-order valence-corrected chi connectivity index (χ4v) is 2.49. The molecule has 0 spiro atoms. The molecule has 110 valence electrons. The Morgan fingerprint density at radius 2 is 2.19 bits per heavy atom. The van der Waals surface area contributed by atoms with Crippen molar-refractivity contribution in [3.05, 3.63) is 40.8 Å². The van der Waals surface area contributed by atoms with Gasteiger partial charge in [-0.3, -0.25) is 4.79 Å². The van der Waals surface area contributed by atoms with E-state index in [1.807, 2.05) is 6.07 Å². The monoisotopic (exact) mass is 350 g/mol. The molecule has 0 saturated carbocycles. The van der Waals surface area contributed by atoms with E-state index in [1.165, 1.54) is 0 Å². The molecular formula is C14H15BrN4O2. The van der Waals surface area contributed by atoms with Crippen molar-refractivity contribution in [1.82, 2.24) is 9.97 Å². The molecule has 0 aliphatic carbocycles. The number of hydrogen-bond donors (Lipinski definition) is 2. The van der Waals surface area contributed by atoms with Crippen LogP contribution in [0, 0.1) is 0 Å². The highest BCUT2D eigenvalue weighted by Crippen LogP contribution is 2.17. The molecule has 1 saturated heterocycles. The predicted octanol–water partition coefficient (Wildman–Crippen LogP) is 2.26. The Labute approximate surface area is 130 Å². The molecular weight excluding hydrogens is 336 g/mol. The van der Waals surface area contributed by atoms with Crippen LogP contribution in [0.4, 0.5) is 11.5 Å². The van der Waals surface area contributed by atoms with Crippen molar-refractivity contribution >= 4 is 33.3 Å². The Bertz CT molecular complexity index is 620. The lowest BCUT2D eigenvalue weighted by molar-refractivity contribution is 0.102. The van der Waals surface area contributed by atoms with Crippen molar-refractivity contribution in [2.75, 3.05) is 36.5 Å². The number of hydrogen-bond acceptors (Lipinski definition) is 4. The molecule has 21 heavy (non-hydrogen) atoms. The van der Waals surface area contributed by atoms with Crippen LogP contribution in [0.5, 0.6) is 0 Å². The summed E-state index contributed by atoms with van der Waals surface area (Å²) in [6.45, 7) is 3.20. The Hall–Kier alpha value is -1.86. The molecule has 3 rings (SSSR count). The van der Waals surface area contributed by atoms with E-state index < -0.39 is 0 Å². The minimum Gasteiger partial charge on any atom is -0.378 e. The normalized spacial score (nSPS) is 15.0. The maximum Gasteiger partial charge on any atom is 0.273 e. The first-order valence-corrected chi connectivity index (χ1v) is 7.46. The number of nitrogens with zero attached hydrogens (tertiary/aromatic N) is 2. The Kier molecular flexibility index (Phi) is 4.21. The number of ether oxygens (including phenoxy) is 1. The SMILES string of the molecule is O=C(Nc1ccc(N2CCOCC2)cn1)c1cc(Br)c[nH]1. The van der Waals surface area contributed by atoms with Crippen molar-refractivity contribution in [2.24, 2.45) is 0 Å². The number of carbonyl (C=O) groups excluding carboxylic acids is 1. The van der Waals surface area contributed by atoms with Crippen LogP contribution in [0.3, 0.4) is 0 Å². The van der Waals surface area contributed by atoms with Gasteiger partial charge in [0.25, 0.3) is 5.91 Å². The van der Waals surface area contributed by atoms with Crippen LogP contribution in [-0.2, 0) is 4.74 Å². The second-order valence-electron chi connectivity index (χ2n) is 4.69. The van der Waals surface area contributed by atoms with Crippen LogP contribution in [0.1, 0.15) is 10.5 Å². The number of carbonyl (C=O) groups is 1. The lowest BCUT2D eigenvalue weighted by Gasteiger charge is -2.28. The summed E-state index contributed by atoms with van der Waals surface area (Å²) in [4.78, 5) is 21.4. The van der Waals surface area contributed by atoms with Gasteiger partial charge >= 0.3 is 0 Å². The van der Waals surface area contributed by atoms with Crippen LogP contribution in [0.15, 0.2) is 35.1 Å². The third kappa shape index (κ3) is 3.43. The smallest absolute Gasteiger partial charge is 0.273 e. The van der Waals surface area contributed by atoms with E-state index in [-0.39, 0.29) is 5.91 Å². The van der Waals surface area contributed by atoms with Gasteiger partial charge in [0, 0.05) is 23.8 Å². The summed E-state index contributed by atoms with van der Waals surface area (Å²) in [5, 5.41) is 2.76. The van der Waals surface area contributed by atoms with E-state index in [2.05, 4.69) is 36.1 Å². The number of morpholine rings is 1. The van der Waals surface area contributed by atoms with Crippen molar-refractivity contribution in [1.29, 1.82) is 0 Å². The molecule has 0 atom stereocenters. The molecule has 0 bridgehead atoms. The topological polar surface area (TPSA) is 70.2 Å². The highest BCUT2D eigenvalue weighted by Gasteiger charge is 2.12. The Morgan fingerprint density at radius 3 is 2.81 bits per heavy atom. The van der Waals surface area contributed by atoms with Crippen molar-refractivity contribution in [2.45, 2.75) is 0 Å². The van der Waals surface area contributed by atoms with Gasteiger partial charge in [-0.05, 0) is 34.1 Å². The van der Waals surface area contributed by atoms with E-state index in [9.17, 15) is 4.79 Å². The first-order valence-electron chi connectivity index (χ1n) is 6.66. The molecule has 1 aliphatic rings. The standard InChI is InChI=1S/C14H15BrN4O2/c15-10-7-12(16-8-10)14(20)18-13-2-1-11(9-17-13)19-3-5-21-6-4-19/h1-2,7-9,16H,3-6H2,(H,17,18,20). The summed E-state index contributed by atoms with van der Waals surface area (Å²) >= 11 is 3.30. The summed E-state index contributed by atoms with van der Waals surface area (Å²) in [5.74, 6) is 0.315. The first-order chi connectivity index (χ1) is 10.2. The highest BCUT2D eigenvalue weighted by atomic mass is 79.9. The molecule has 6 nitrogen and oxygen atoms in total. The van der Waals surface area contributed by atoms with Gasteiger partial charge in [0.2, 0.25) is 0 Å². The lowest BCUT2D eigenvalue weighted by Crippen LogP contribution is -2.36. The number of halogens is 1. The molecule has 2 aromatic rings. The number of anilines is 2. The minimum atomic E-state index is -0.215. The van der Waals surface area contributed by atoms with E-state index in [0.717, 1.165) is 36.5 Å². The van der Waals surface area contributed by atoms with Crippen LogP contribution < -0.4 is 10.2 Å². The third-order valence-corrected chi connectivity index (χ3v) is 3.72. The molecule has 1 fully saturated rings. The lowest BCUT2D eigenvalue weighted by atomic mass is 10.3. The zero-order valence-corrected chi connectivity index (χ0v) is 12.9. The van der Waals surface area contributed by atoms with Gasteiger partial charge in [-0.2, -0.15) is 0 Å². The van der Waals surface area contributed by atoms with Gasteiger partial charge in [-0.15, -0.1) is 0 Å². The summed E-state index contributed by atoms with van der Waals surface area (Å²) in [5.41, 5.74) is 1.53. The zero-order chi connectivity index (χ0) is 14.7. The average molecular weight is 351 g/mol. The summed E-state index contributed by atoms with van der Waals surface area (Å²) in [6, 6.07) is 5.48. The van der Waals surface area contributed by atoms with Crippen LogP contribution >= 0.6 is 15.9 Å². The third-order valence-electron chi connectivity index (χ3n) is 3.26. The van der Waals surface area contributed by atoms with Crippen LogP contribution in [-0.4, -0.2) is 42.2 Å². The summed E-state index contributed by atoms with van der Waals surface area (Å²) in [6.07, 6.45) is 3.48. The molecule has 7 heteroatoms. The van der Waals surface area contributed by atoms with E-state index in [0.29, 0.717) is 11.5 Å². The quantitative estimate of drug-likeness (QED) is 0.890.